The molecule has 156 valence electrons. The first-order valence-corrected chi connectivity index (χ1v) is 10.0. The Morgan fingerprint density at radius 1 is 1.10 bits per heavy atom. The molecule has 1 aliphatic heterocycles. The van der Waals surface area contributed by atoms with Gasteiger partial charge in [0.1, 0.15) is 5.82 Å². The van der Waals surface area contributed by atoms with Gasteiger partial charge in [-0.2, -0.15) is 5.10 Å². The fourth-order valence-electron chi connectivity index (χ4n) is 3.73. The lowest BCUT2D eigenvalue weighted by Crippen LogP contribution is -2.55. The Bertz CT molecular complexity index is 1060. The first-order valence-electron chi connectivity index (χ1n) is 10.0. The van der Waals surface area contributed by atoms with E-state index >= 15 is 0 Å². The van der Waals surface area contributed by atoms with Crippen molar-refractivity contribution in [3.05, 3.63) is 65.6 Å². The number of benzene rings is 2. The number of hydrogen-bond acceptors (Lipinski definition) is 4. The fraction of sp³-hybridized carbons (Fsp3) is 0.318. The molecular weight excluding hydrogens is 385 g/mol. The zero-order valence-corrected chi connectivity index (χ0v) is 16.8. The maximum atomic E-state index is 13.7. The lowest BCUT2D eigenvalue weighted by Gasteiger charge is -2.37. The number of amides is 2. The van der Waals surface area contributed by atoms with Crippen LogP contribution >= 0.6 is 0 Å². The minimum atomic E-state index is -0.361. The van der Waals surface area contributed by atoms with Gasteiger partial charge in [0.15, 0.2) is 5.69 Å². The van der Waals surface area contributed by atoms with E-state index in [0.717, 1.165) is 10.9 Å². The molecule has 1 aliphatic rings. The molecule has 0 aliphatic carbocycles. The minimum Gasteiger partial charge on any atom is -0.351 e. The van der Waals surface area contributed by atoms with Crippen molar-refractivity contribution in [2.45, 2.75) is 19.5 Å². The summed E-state index contributed by atoms with van der Waals surface area (Å²) in [4.78, 5) is 29.2. The van der Waals surface area contributed by atoms with Crippen LogP contribution in [0.5, 0.6) is 0 Å². The second-order valence-corrected chi connectivity index (χ2v) is 7.43. The van der Waals surface area contributed by atoms with Crippen molar-refractivity contribution in [2.24, 2.45) is 0 Å². The van der Waals surface area contributed by atoms with Crippen LogP contribution in [0.1, 0.15) is 23.0 Å². The number of para-hydroxylation sites is 1. The molecule has 2 N–H and O–H groups in total. The highest BCUT2D eigenvalue weighted by Crippen LogP contribution is 2.18. The summed E-state index contributed by atoms with van der Waals surface area (Å²) in [6, 6.07) is 13.6. The van der Waals surface area contributed by atoms with Gasteiger partial charge in [-0.3, -0.25) is 19.6 Å². The zero-order chi connectivity index (χ0) is 21.1. The largest absolute Gasteiger partial charge is 0.351 e. The number of hydrogen-bond donors (Lipinski definition) is 2. The van der Waals surface area contributed by atoms with E-state index in [-0.39, 0.29) is 30.2 Å². The van der Waals surface area contributed by atoms with Crippen LogP contribution in [0.15, 0.2) is 48.5 Å². The highest BCUT2D eigenvalue weighted by atomic mass is 19.1. The van der Waals surface area contributed by atoms with Crippen molar-refractivity contribution in [2.75, 3.05) is 26.2 Å². The SMILES string of the molecule is CC(C(=O)NCc1ccccc1F)N1CCN(C(=O)c2n[nH]c3ccccc23)CC1. The van der Waals surface area contributed by atoms with Crippen LogP contribution in [0.4, 0.5) is 4.39 Å². The van der Waals surface area contributed by atoms with Crippen LogP contribution in [0.3, 0.4) is 0 Å². The standard InChI is InChI=1S/C22H24FN5O2/c1-15(21(29)24-14-16-6-2-4-8-18(16)23)27-10-12-28(13-11-27)22(30)20-17-7-3-5-9-19(17)25-26-20/h2-9,15H,10-14H2,1H3,(H,24,29)(H,25,26). The maximum Gasteiger partial charge on any atom is 0.275 e. The van der Waals surface area contributed by atoms with E-state index < -0.39 is 0 Å². The Balaban J connectivity index is 1.32. The van der Waals surface area contributed by atoms with Gasteiger partial charge in [0, 0.05) is 43.7 Å². The molecule has 2 amide bonds. The van der Waals surface area contributed by atoms with Crippen LogP contribution in [0.2, 0.25) is 0 Å². The van der Waals surface area contributed by atoms with Gasteiger partial charge in [-0.25, -0.2) is 4.39 Å². The van der Waals surface area contributed by atoms with E-state index in [1.165, 1.54) is 6.07 Å². The molecule has 8 heteroatoms. The summed E-state index contributed by atoms with van der Waals surface area (Å²) in [5.74, 6) is -0.594. The number of nitrogens with one attached hydrogen (secondary N) is 2. The van der Waals surface area contributed by atoms with E-state index in [1.807, 2.05) is 36.1 Å². The predicted molar refractivity (Wildman–Crippen MR) is 111 cm³/mol. The number of H-pyrrole nitrogens is 1. The molecule has 1 atom stereocenters. The first kappa shape index (κ1) is 20.0. The average molecular weight is 409 g/mol. The molecule has 0 radical (unpaired) electrons. The third-order valence-electron chi connectivity index (χ3n) is 5.61. The van der Waals surface area contributed by atoms with Crippen molar-refractivity contribution in [1.29, 1.82) is 0 Å². The third kappa shape index (κ3) is 4.04. The Kier molecular flexibility index (Phi) is 5.76. The van der Waals surface area contributed by atoms with Gasteiger partial charge >= 0.3 is 0 Å². The van der Waals surface area contributed by atoms with Gasteiger partial charge in [-0.15, -0.1) is 0 Å². The zero-order valence-electron chi connectivity index (χ0n) is 16.8. The van der Waals surface area contributed by atoms with Crippen molar-refractivity contribution in [3.63, 3.8) is 0 Å². The Hall–Kier alpha value is -3.26. The van der Waals surface area contributed by atoms with Gasteiger partial charge in [0.2, 0.25) is 5.91 Å². The number of fused-ring (bicyclic) bond motifs is 1. The van der Waals surface area contributed by atoms with Crippen LogP contribution in [-0.2, 0) is 11.3 Å². The highest BCUT2D eigenvalue weighted by Gasteiger charge is 2.29. The van der Waals surface area contributed by atoms with Gasteiger partial charge in [-0.05, 0) is 19.1 Å². The third-order valence-corrected chi connectivity index (χ3v) is 5.61. The molecule has 3 aromatic rings. The molecule has 2 aromatic carbocycles. The number of carbonyl (C=O) groups is 2. The van der Waals surface area contributed by atoms with Crippen molar-refractivity contribution < 1.29 is 14.0 Å². The lowest BCUT2D eigenvalue weighted by molar-refractivity contribution is -0.126. The summed E-state index contributed by atoms with van der Waals surface area (Å²) in [5, 5.41) is 10.7. The Labute approximate surface area is 173 Å². The van der Waals surface area contributed by atoms with Gasteiger partial charge in [0.25, 0.3) is 5.91 Å². The van der Waals surface area contributed by atoms with E-state index in [1.54, 1.807) is 23.1 Å². The number of nitrogens with zero attached hydrogens (tertiary/aromatic N) is 3. The molecular formula is C22H24FN5O2. The molecule has 1 saturated heterocycles. The summed E-state index contributed by atoms with van der Waals surface area (Å²) >= 11 is 0. The van der Waals surface area contributed by atoms with Crippen molar-refractivity contribution in [1.82, 2.24) is 25.3 Å². The fourth-order valence-corrected chi connectivity index (χ4v) is 3.73. The molecule has 1 fully saturated rings. The molecule has 4 rings (SSSR count). The van der Waals surface area contributed by atoms with Crippen LogP contribution in [0.25, 0.3) is 10.9 Å². The summed E-state index contributed by atoms with van der Waals surface area (Å²) in [6.45, 7) is 4.19. The second-order valence-electron chi connectivity index (χ2n) is 7.43. The molecule has 2 heterocycles. The normalized spacial score (nSPS) is 15.9. The van der Waals surface area contributed by atoms with Crippen molar-refractivity contribution >= 4 is 22.7 Å². The predicted octanol–water partition coefficient (Wildman–Crippen LogP) is 2.16. The molecule has 7 nitrogen and oxygen atoms in total. The van der Waals surface area contributed by atoms with E-state index in [9.17, 15) is 14.0 Å². The molecule has 0 saturated carbocycles. The summed E-state index contributed by atoms with van der Waals surface area (Å²) in [5.41, 5.74) is 1.72. The van der Waals surface area contributed by atoms with Gasteiger partial charge in [-0.1, -0.05) is 36.4 Å². The van der Waals surface area contributed by atoms with Crippen molar-refractivity contribution in [3.8, 4) is 0 Å². The number of carbonyl (C=O) groups excluding carboxylic acids is 2. The van der Waals surface area contributed by atoms with Gasteiger partial charge < -0.3 is 10.2 Å². The first-order chi connectivity index (χ1) is 14.5. The average Bonchev–Trinajstić information content (AvgIpc) is 3.21. The topological polar surface area (TPSA) is 81.3 Å². The number of aromatic amines is 1. The summed E-state index contributed by atoms with van der Waals surface area (Å²) in [6.07, 6.45) is 0. The monoisotopic (exact) mass is 409 g/mol. The van der Waals surface area contributed by atoms with Gasteiger partial charge in [0.05, 0.1) is 11.6 Å². The summed E-state index contributed by atoms with van der Waals surface area (Å²) in [7, 11) is 0. The molecule has 1 aromatic heterocycles. The van der Waals surface area contributed by atoms with Crippen LogP contribution in [0, 0.1) is 5.82 Å². The maximum absolute atomic E-state index is 13.7. The Morgan fingerprint density at radius 3 is 2.57 bits per heavy atom. The van der Waals surface area contributed by atoms with E-state index in [0.29, 0.717) is 37.4 Å². The lowest BCUT2D eigenvalue weighted by atomic mass is 10.1. The number of halogens is 1. The van der Waals surface area contributed by atoms with E-state index in [4.69, 9.17) is 0 Å². The highest BCUT2D eigenvalue weighted by molar-refractivity contribution is 6.04. The quantitative estimate of drug-likeness (QED) is 0.677. The van der Waals surface area contributed by atoms with Crippen LogP contribution < -0.4 is 5.32 Å². The second kappa shape index (κ2) is 8.62. The molecule has 1 unspecified atom stereocenters. The van der Waals surface area contributed by atoms with Crippen LogP contribution in [-0.4, -0.2) is 64.0 Å². The number of aromatic nitrogens is 2. The summed E-state index contributed by atoms with van der Waals surface area (Å²) < 4.78 is 13.7. The van der Waals surface area contributed by atoms with E-state index in [2.05, 4.69) is 15.5 Å². The molecule has 30 heavy (non-hydrogen) atoms. The number of rotatable bonds is 5. The number of piperazine rings is 1. The molecule has 0 bridgehead atoms. The molecule has 0 spiro atoms. The minimum absolute atomic E-state index is 0.108. The smallest absolute Gasteiger partial charge is 0.275 e. The Morgan fingerprint density at radius 2 is 1.80 bits per heavy atom.